The number of carbonyl (C=O) groups excluding carboxylic acids is 1. The number of carbonyl (C=O) groups is 1. The molecule has 5 heteroatoms. The normalized spacial score (nSPS) is 11.9. The Kier molecular flexibility index (Phi) is 4.87. The highest BCUT2D eigenvalue weighted by atomic mass is 16.2. The van der Waals surface area contributed by atoms with E-state index in [9.17, 15) is 9.59 Å². The van der Waals surface area contributed by atoms with Crippen LogP contribution in [0.1, 0.15) is 30.6 Å². The molecule has 0 aliphatic rings. The summed E-state index contributed by atoms with van der Waals surface area (Å²) in [4.78, 5) is 30.9. The van der Waals surface area contributed by atoms with Crippen molar-refractivity contribution in [3.63, 3.8) is 0 Å². The number of H-pyrrole nitrogens is 1. The van der Waals surface area contributed by atoms with Crippen LogP contribution in [0.5, 0.6) is 0 Å². The third kappa shape index (κ3) is 3.78. The minimum Gasteiger partial charge on any atom is -0.352 e. The maximum absolute atomic E-state index is 12.0. The minimum atomic E-state index is -0.403. The molecule has 110 valence electrons. The molecule has 0 spiro atoms. The highest BCUT2D eigenvalue weighted by Crippen LogP contribution is 2.11. The van der Waals surface area contributed by atoms with Crippen LogP contribution in [0.25, 0.3) is 11.4 Å². The van der Waals surface area contributed by atoms with Crippen LogP contribution in [0.15, 0.2) is 41.3 Å². The summed E-state index contributed by atoms with van der Waals surface area (Å²) in [5.74, 6) is 0.0462. The van der Waals surface area contributed by atoms with Gasteiger partial charge in [0.15, 0.2) is 0 Å². The van der Waals surface area contributed by atoms with E-state index >= 15 is 0 Å². The zero-order valence-corrected chi connectivity index (χ0v) is 12.2. The Morgan fingerprint density at radius 2 is 2.14 bits per heavy atom. The van der Waals surface area contributed by atoms with Gasteiger partial charge in [0.05, 0.1) is 11.4 Å². The first-order valence-electron chi connectivity index (χ1n) is 7.04. The number of pyridine rings is 2. The molecule has 2 N–H and O–H groups in total. The molecule has 2 heterocycles. The van der Waals surface area contributed by atoms with Crippen LogP contribution < -0.4 is 10.9 Å². The zero-order chi connectivity index (χ0) is 15.2. The predicted octanol–water partition coefficient (Wildman–Crippen LogP) is 2.21. The van der Waals surface area contributed by atoms with E-state index in [0.29, 0.717) is 23.9 Å². The molecule has 0 bridgehead atoms. The number of nitrogens with zero attached hydrogens (tertiary/aromatic N) is 1. The first-order chi connectivity index (χ1) is 10.1. The Morgan fingerprint density at radius 3 is 2.76 bits per heavy atom. The van der Waals surface area contributed by atoms with E-state index in [4.69, 9.17) is 0 Å². The number of hydrogen-bond donors (Lipinski definition) is 2. The number of hydrogen-bond acceptors (Lipinski definition) is 3. The van der Waals surface area contributed by atoms with Gasteiger partial charge in [-0.15, -0.1) is 0 Å². The molecule has 2 rings (SSSR count). The van der Waals surface area contributed by atoms with E-state index in [0.717, 1.165) is 6.42 Å². The van der Waals surface area contributed by atoms with Gasteiger partial charge in [-0.05, 0) is 30.2 Å². The second kappa shape index (κ2) is 6.83. The number of rotatable bonds is 5. The van der Waals surface area contributed by atoms with Crippen LogP contribution in [0.3, 0.4) is 0 Å². The lowest BCUT2D eigenvalue weighted by Gasteiger charge is -2.10. The summed E-state index contributed by atoms with van der Waals surface area (Å²) < 4.78 is 0. The SMILES string of the molecule is CC[C@H](C)CNC(=O)c1ccc(-c2ccccn2)[nH]c1=O. The average molecular weight is 285 g/mol. The van der Waals surface area contributed by atoms with Gasteiger partial charge in [0.25, 0.3) is 11.5 Å². The summed E-state index contributed by atoms with van der Waals surface area (Å²) in [6.07, 6.45) is 2.63. The Morgan fingerprint density at radius 1 is 1.33 bits per heavy atom. The summed E-state index contributed by atoms with van der Waals surface area (Å²) in [5.41, 5.74) is 0.984. The maximum atomic E-state index is 12.0. The third-order valence-corrected chi connectivity index (χ3v) is 3.40. The van der Waals surface area contributed by atoms with Gasteiger partial charge in [-0.25, -0.2) is 0 Å². The van der Waals surface area contributed by atoms with Crippen LogP contribution in [-0.4, -0.2) is 22.4 Å². The fourth-order valence-corrected chi connectivity index (χ4v) is 1.83. The molecule has 0 unspecified atom stereocenters. The number of nitrogens with one attached hydrogen (secondary N) is 2. The van der Waals surface area contributed by atoms with Crippen molar-refractivity contribution >= 4 is 5.91 Å². The lowest BCUT2D eigenvalue weighted by atomic mass is 10.1. The van der Waals surface area contributed by atoms with E-state index < -0.39 is 5.56 Å². The smallest absolute Gasteiger partial charge is 0.261 e. The predicted molar refractivity (Wildman–Crippen MR) is 82.1 cm³/mol. The highest BCUT2D eigenvalue weighted by molar-refractivity contribution is 5.94. The van der Waals surface area contributed by atoms with E-state index in [-0.39, 0.29) is 11.5 Å². The summed E-state index contributed by atoms with van der Waals surface area (Å²) >= 11 is 0. The minimum absolute atomic E-state index is 0.123. The van der Waals surface area contributed by atoms with E-state index in [1.807, 2.05) is 6.07 Å². The molecule has 0 saturated carbocycles. The van der Waals surface area contributed by atoms with E-state index in [1.165, 1.54) is 6.07 Å². The first kappa shape index (κ1) is 15.0. The van der Waals surface area contributed by atoms with Crippen molar-refractivity contribution in [2.24, 2.45) is 5.92 Å². The standard InChI is InChI=1S/C16H19N3O2/c1-3-11(2)10-18-15(20)12-7-8-14(19-16(12)21)13-6-4-5-9-17-13/h4-9,11H,3,10H2,1-2H3,(H,18,20)(H,19,21)/t11-/m0/s1. The zero-order valence-electron chi connectivity index (χ0n) is 12.2. The molecule has 1 amide bonds. The van der Waals surface area contributed by atoms with Gasteiger partial charge in [-0.3, -0.25) is 14.6 Å². The molecule has 0 aliphatic carbocycles. The Hall–Kier alpha value is -2.43. The van der Waals surface area contributed by atoms with Gasteiger partial charge in [0, 0.05) is 12.7 Å². The van der Waals surface area contributed by atoms with Crippen molar-refractivity contribution in [1.82, 2.24) is 15.3 Å². The van der Waals surface area contributed by atoms with Crippen LogP contribution in [-0.2, 0) is 0 Å². The Labute approximate surface area is 123 Å². The lowest BCUT2D eigenvalue weighted by molar-refractivity contribution is 0.0946. The van der Waals surface area contributed by atoms with Gasteiger partial charge in [-0.1, -0.05) is 26.3 Å². The molecule has 1 atom stereocenters. The molecule has 0 fully saturated rings. The second-order valence-corrected chi connectivity index (χ2v) is 5.05. The maximum Gasteiger partial charge on any atom is 0.261 e. The Bertz CT molecular complexity index is 665. The van der Waals surface area contributed by atoms with Crippen LogP contribution in [0, 0.1) is 5.92 Å². The van der Waals surface area contributed by atoms with Crippen LogP contribution >= 0.6 is 0 Å². The van der Waals surface area contributed by atoms with Crippen molar-refractivity contribution < 1.29 is 4.79 Å². The van der Waals surface area contributed by atoms with Crippen LogP contribution in [0.4, 0.5) is 0 Å². The number of aromatic amines is 1. The summed E-state index contributed by atoms with van der Waals surface area (Å²) in [7, 11) is 0. The summed E-state index contributed by atoms with van der Waals surface area (Å²) in [6.45, 7) is 4.68. The molecule has 0 aromatic carbocycles. The average Bonchev–Trinajstić information content (AvgIpc) is 2.53. The molecule has 2 aromatic rings. The van der Waals surface area contributed by atoms with Gasteiger partial charge < -0.3 is 10.3 Å². The number of aromatic nitrogens is 2. The molecule has 0 radical (unpaired) electrons. The van der Waals surface area contributed by atoms with Crippen molar-refractivity contribution in [2.75, 3.05) is 6.54 Å². The monoisotopic (exact) mass is 285 g/mol. The fourth-order valence-electron chi connectivity index (χ4n) is 1.83. The fraction of sp³-hybridized carbons (Fsp3) is 0.312. The van der Waals surface area contributed by atoms with Gasteiger partial charge >= 0.3 is 0 Å². The van der Waals surface area contributed by atoms with Gasteiger partial charge in [-0.2, -0.15) is 0 Å². The molecule has 0 saturated heterocycles. The van der Waals surface area contributed by atoms with Crippen molar-refractivity contribution in [1.29, 1.82) is 0 Å². The molecule has 21 heavy (non-hydrogen) atoms. The molecule has 0 aliphatic heterocycles. The molecular weight excluding hydrogens is 266 g/mol. The highest BCUT2D eigenvalue weighted by Gasteiger charge is 2.12. The lowest BCUT2D eigenvalue weighted by Crippen LogP contribution is -2.32. The van der Waals surface area contributed by atoms with E-state index in [1.54, 1.807) is 24.4 Å². The first-order valence-corrected chi connectivity index (χ1v) is 7.04. The molecule has 2 aromatic heterocycles. The van der Waals surface area contributed by atoms with Gasteiger partial charge in [0.1, 0.15) is 5.56 Å². The third-order valence-electron chi connectivity index (χ3n) is 3.40. The van der Waals surface area contributed by atoms with Crippen LogP contribution in [0.2, 0.25) is 0 Å². The van der Waals surface area contributed by atoms with Crippen molar-refractivity contribution in [3.8, 4) is 11.4 Å². The molecular formula is C16H19N3O2. The summed E-state index contributed by atoms with van der Waals surface area (Å²) in [5, 5.41) is 2.78. The van der Waals surface area contributed by atoms with E-state index in [2.05, 4.69) is 29.1 Å². The molecule has 5 nitrogen and oxygen atoms in total. The largest absolute Gasteiger partial charge is 0.352 e. The topological polar surface area (TPSA) is 74.8 Å². The Balaban J connectivity index is 2.16. The summed E-state index contributed by atoms with van der Waals surface area (Å²) in [6, 6.07) is 8.68. The van der Waals surface area contributed by atoms with Gasteiger partial charge in [0.2, 0.25) is 0 Å². The van der Waals surface area contributed by atoms with Crippen molar-refractivity contribution in [2.45, 2.75) is 20.3 Å². The quantitative estimate of drug-likeness (QED) is 0.884. The number of amides is 1. The second-order valence-electron chi connectivity index (χ2n) is 5.05. The van der Waals surface area contributed by atoms with Crippen molar-refractivity contribution in [3.05, 3.63) is 52.4 Å².